The van der Waals surface area contributed by atoms with E-state index in [0.29, 0.717) is 6.54 Å². The minimum Gasteiger partial charge on any atom is -0.337 e. The molecule has 1 saturated heterocycles. The van der Waals surface area contributed by atoms with Crippen LogP contribution >= 0.6 is 0 Å². The van der Waals surface area contributed by atoms with Crippen LogP contribution in [0.3, 0.4) is 0 Å². The first-order valence-corrected chi connectivity index (χ1v) is 9.40. The lowest BCUT2D eigenvalue weighted by Crippen LogP contribution is -2.48. The van der Waals surface area contributed by atoms with E-state index in [2.05, 4.69) is 27.4 Å². The molecule has 0 aliphatic carbocycles. The van der Waals surface area contributed by atoms with Gasteiger partial charge in [-0.15, -0.1) is 0 Å². The molecule has 1 aliphatic rings. The predicted octanol–water partition coefficient (Wildman–Crippen LogP) is 3.11. The molecule has 5 nitrogen and oxygen atoms in total. The van der Waals surface area contributed by atoms with Gasteiger partial charge in [0, 0.05) is 44.8 Å². The van der Waals surface area contributed by atoms with Crippen LogP contribution in [0.2, 0.25) is 0 Å². The number of para-hydroxylation sites is 1. The number of carbonyl (C=O) groups is 1. The Labute approximate surface area is 156 Å². The quantitative estimate of drug-likeness (QED) is 0.840. The topological polar surface area (TPSA) is 47.6 Å². The summed E-state index contributed by atoms with van der Waals surface area (Å²) in [6.07, 6.45) is 0. The SMILES string of the molecule is CCN1CCN(CCNC(=O)Nc2ccccc2-c2ccccc2)CC1. The first-order valence-electron chi connectivity index (χ1n) is 9.40. The molecule has 138 valence electrons. The summed E-state index contributed by atoms with van der Waals surface area (Å²) in [5.41, 5.74) is 2.95. The van der Waals surface area contributed by atoms with Crippen molar-refractivity contribution in [2.45, 2.75) is 6.92 Å². The van der Waals surface area contributed by atoms with Gasteiger partial charge in [0.1, 0.15) is 0 Å². The minimum absolute atomic E-state index is 0.152. The molecular formula is C21H28N4O. The van der Waals surface area contributed by atoms with E-state index in [1.54, 1.807) is 0 Å². The van der Waals surface area contributed by atoms with Crippen molar-refractivity contribution in [1.29, 1.82) is 0 Å². The first-order chi connectivity index (χ1) is 12.8. The van der Waals surface area contributed by atoms with Gasteiger partial charge < -0.3 is 15.5 Å². The van der Waals surface area contributed by atoms with Gasteiger partial charge in [-0.3, -0.25) is 4.90 Å². The van der Waals surface area contributed by atoms with Crippen LogP contribution in [0.4, 0.5) is 10.5 Å². The maximum atomic E-state index is 12.3. The van der Waals surface area contributed by atoms with Gasteiger partial charge in [-0.1, -0.05) is 55.5 Å². The number of hydrogen-bond donors (Lipinski definition) is 2. The van der Waals surface area contributed by atoms with Crippen molar-refractivity contribution in [2.24, 2.45) is 0 Å². The van der Waals surface area contributed by atoms with Gasteiger partial charge in [-0.2, -0.15) is 0 Å². The number of anilines is 1. The van der Waals surface area contributed by atoms with Crippen molar-refractivity contribution in [1.82, 2.24) is 15.1 Å². The Kier molecular flexibility index (Phi) is 6.63. The number of benzene rings is 2. The highest BCUT2D eigenvalue weighted by molar-refractivity contribution is 5.94. The van der Waals surface area contributed by atoms with Crippen molar-refractivity contribution < 1.29 is 4.79 Å². The zero-order chi connectivity index (χ0) is 18.2. The van der Waals surface area contributed by atoms with E-state index in [1.165, 1.54) is 0 Å². The summed E-state index contributed by atoms with van der Waals surface area (Å²) < 4.78 is 0. The van der Waals surface area contributed by atoms with Crippen molar-refractivity contribution >= 4 is 11.7 Å². The molecular weight excluding hydrogens is 324 g/mol. The van der Waals surface area contributed by atoms with Gasteiger partial charge in [0.05, 0.1) is 5.69 Å². The molecule has 1 aliphatic heterocycles. The summed E-state index contributed by atoms with van der Waals surface area (Å²) in [5.74, 6) is 0. The molecule has 0 radical (unpaired) electrons. The second-order valence-electron chi connectivity index (χ2n) is 6.57. The molecule has 2 N–H and O–H groups in total. The smallest absolute Gasteiger partial charge is 0.319 e. The van der Waals surface area contributed by atoms with E-state index < -0.39 is 0 Å². The molecule has 0 unspecified atom stereocenters. The first kappa shape index (κ1) is 18.4. The second kappa shape index (κ2) is 9.36. The van der Waals surface area contributed by atoms with Crippen LogP contribution in [0.15, 0.2) is 54.6 Å². The maximum Gasteiger partial charge on any atom is 0.319 e. The lowest BCUT2D eigenvalue weighted by molar-refractivity contribution is 0.138. The molecule has 2 amide bonds. The fraction of sp³-hybridized carbons (Fsp3) is 0.381. The third-order valence-corrected chi connectivity index (χ3v) is 4.89. The number of urea groups is 1. The van der Waals surface area contributed by atoms with Gasteiger partial charge in [-0.05, 0) is 18.2 Å². The summed E-state index contributed by atoms with van der Waals surface area (Å²) in [5, 5.41) is 5.96. The summed E-state index contributed by atoms with van der Waals surface area (Å²) >= 11 is 0. The lowest BCUT2D eigenvalue weighted by atomic mass is 10.0. The Morgan fingerprint density at radius 3 is 2.31 bits per heavy atom. The number of likely N-dealkylation sites (N-methyl/N-ethyl adjacent to an activating group) is 1. The number of rotatable bonds is 6. The van der Waals surface area contributed by atoms with E-state index >= 15 is 0 Å². The molecule has 2 aromatic carbocycles. The van der Waals surface area contributed by atoms with Crippen LogP contribution in [0.5, 0.6) is 0 Å². The predicted molar refractivity (Wildman–Crippen MR) is 107 cm³/mol. The summed E-state index contributed by atoms with van der Waals surface area (Å²) in [4.78, 5) is 17.1. The molecule has 0 atom stereocenters. The number of hydrogen-bond acceptors (Lipinski definition) is 3. The Bertz CT molecular complexity index is 696. The molecule has 0 saturated carbocycles. The molecule has 26 heavy (non-hydrogen) atoms. The number of nitrogens with zero attached hydrogens (tertiary/aromatic N) is 2. The Balaban J connectivity index is 1.49. The molecule has 2 aromatic rings. The highest BCUT2D eigenvalue weighted by Crippen LogP contribution is 2.27. The van der Waals surface area contributed by atoms with Crippen molar-refractivity contribution in [3.8, 4) is 11.1 Å². The third-order valence-electron chi connectivity index (χ3n) is 4.89. The maximum absolute atomic E-state index is 12.3. The second-order valence-corrected chi connectivity index (χ2v) is 6.57. The van der Waals surface area contributed by atoms with E-state index in [0.717, 1.165) is 56.1 Å². The van der Waals surface area contributed by atoms with Crippen LogP contribution in [0, 0.1) is 0 Å². The van der Waals surface area contributed by atoms with Gasteiger partial charge in [0.25, 0.3) is 0 Å². The molecule has 5 heteroatoms. The number of piperazine rings is 1. The highest BCUT2D eigenvalue weighted by Gasteiger charge is 2.15. The van der Waals surface area contributed by atoms with Gasteiger partial charge in [0.2, 0.25) is 0 Å². The zero-order valence-electron chi connectivity index (χ0n) is 15.4. The van der Waals surface area contributed by atoms with Gasteiger partial charge in [0.15, 0.2) is 0 Å². The van der Waals surface area contributed by atoms with Crippen LogP contribution in [0.25, 0.3) is 11.1 Å². The van der Waals surface area contributed by atoms with E-state index in [1.807, 2.05) is 54.6 Å². The Morgan fingerprint density at radius 2 is 1.58 bits per heavy atom. The Morgan fingerprint density at radius 1 is 0.923 bits per heavy atom. The van der Waals surface area contributed by atoms with Crippen LogP contribution in [-0.2, 0) is 0 Å². The normalized spacial score (nSPS) is 15.6. The lowest BCUT2D eigenvalue weighted by Gasteiger charge is -2.33. The number of amides is 2. The largest absolute Gasteiger partial charge is 0.337 e. The average Bonchev–Trinajstić information content (AvgIpc) is 2.69. The average molecular weight is 352 g/mol. The molecule has 3 rings (SSSR count). The van der Waals surface area contributed by atoms with Crippen molar-refractivity contribution in [2.75, 3.05) is 51.1 Å². The Hall–Kier alpha value is -2.37. The molecule has 1 fully saturated rings. The monoisotopic (exact) mass is 352 g/mol. The fourth-order valence-electron chi connectivity index (χ4n) is 3.28. The minimum atomic E-state index is -0.152. The van der Waals surface area contributed by atoms with Crippen molar-refractivity contribution in [3.63, 3.8) is 0 Å². The molecule has 0 bridgehead atoms. The third kappa shape index (κ3) is 5.07. The molecule has 1 heterocycles. The van der Waals surface area contributed by atoms with Crippen LogP contribution in [-0.4, -0.2) is 61.6 Å². The van der Waals surface area contributed by atoms with E-state index in [-0.39, 0.29) is 6.03 Å². The standard InChI is InChI=1S/C21H28N4O/c1-2-24-14-16-25(17-15-24)13-12-22-21(26)23-20-11-7-6-10-19(20)18-8-4-3-5-9-18/h3-11H,2,12-17H2,1H3,(H2,22,23,26). The number of nitrogens with one attached hydrogen (secondary N) is 2. The molecule has 0 aromatic heterocycles. The van der Waals surface area contributed by atoms with Gasteiger partial charge >= 0.3 is 6.03 Å². The highest BCUT2D eigenvalue weighted by atomic mass is 16.2. The van der Waals surface area contributed by atoms with Crippen LogP contribution in [0.1, 0.15) is 6.92 Å². The summed E-state index contributed by atoms with van der Waals surface area (Å²) in [6.45, 7) is 9.27. The fourth-order valence-corrected chi connectivity index (χ4v) is 3.28. The summed E-state index contributed by atoms with van der Waals surface area (Å²) in [7, 11) is 0. The van der Waals surface area contributed by atoms with E-state index in [4.69, 9.17) is 0 Å². The summed E-state index contributed by atoms with van der Waals surface area (Å²) in [6, 6.07) is 17.8. The van der Waals surface area contributed by atoms with E-state index in [9.17, 15) is 4.79 Å². The zero-order valence-corrected chi connectivity index (χ0v) is 15.4. The number of carbonyl (C=O) groups excluding carboxylic acids is 1. The van der Waals surface area contributed by atoms with Crippen molar-refractivity contribution in [3.05, 3.63) is 54.6 Å². The van der Waals surface area contributed by atoms with Crippen LogP contribution < -0.4 is 10.6 Å². The molecule has 0 spiro atoms. The van der Waals surface area contributed by atoms with Gasteiger partial charge in [-0.25, -0.2) is 4.79 Å².